The molecule has 3 rings (SSSR count). The van der Waals surface area contributed by atoms with Crippen molar-refractivity contribution in [1.29, 1.82) is 0 Å². The summed E-state index contributed by atoms with van der Waals surface area (Å²) in [5, 5.41) is 1.08. The van der Waals surface area contributed by atoms with Crippen molar-refractivity contribution in [2.45, 2.75) is 48.6 Å². The average molecular weight is 312 g/mol. The molecule has 1 aromatic carbocycles. The van der Waals surface area contributed by atoms with Crippen LogP contribution in [0.15, 0.2) is 58.6 Å². The van der Waals surface area contributed by atoms with E-state index in [0.29, 0.717) is 6.04 Å². The Hall–Kier alpha value is -1.32. The maximum atomic E-state index is 4.67. The molecule has 1 atom stereocenters. The van der Waals surface area contributed by atoms with Gasteiger partial charge in [0.2, 0.25) is 0 Å². The first kappa shape index (κ1) is 15.6. The van der Waals surface area contributed by atoms with Crippen LogP contribution < -0.4 is 0 Å². The molecule has 0 radical (unpaired) electrons. The monoisotopic (exact) mass is 312 g/mol. The third kappa shape index (κ3) is 3.90. The molecule has 2 nitrogen and oxygen atoms in total. The van der Waals surface area contributed by atoms with Crippen molar-refractivity contribution < 1.29 is 0 Å². The van der Waals surface area contributed by atoms with Crippen molar-refractivity contribution in [3.8, 4) is 0 Å². The van der Waals surface area contributed by atoms with Gasteiger partial charge < -0.3 is 0 Å². The van der Waals surface area contributed by atoms with E-state index in [0.717, 1.165) is 5.03 Å². The standard InChI is InChI=1S/C19H24N2S/c1-2-3-13-21-14-7-10-18(21)16-11-12-19(20-15-16)22-17-8-5-4-6-9-17/h4-6,8-9,11-12,15,18H,2-3,7,10,13-14H2,1H3. The molecule has 0 spiro atoms. The zero-order valence-electron chi connectivity index (χ0n) is 13.2. The summed E-state index contributed by atoms with van der Waals surface area (Å²) in [4.78, 5) is 8.54. The predicted octanol–water partition coefficient (Wildman–Crippen LogP) is 5.17. The first-order chi connectivity index (χ1) is 10.9. The van der Waals surface area contributed by atoms with Crippen LogP contribution in [-0.4, -0.2) is 23.0 Å². The molecule has 0 amide bonds. The molecule has 0 bridgehead atoms. The lowest BCUT2D eigenvalue weighted by molar-refractivity contribution is 0.253. The van der Waals surface area contributed by atoms with Crippen LogP contribution in [0.4, 0.5) is 0 Å². The number of nitrogens with zero attached hydrogens (tertiary/aromatic N) is 2. The number of rotatable bonds is 6. The second-order valence-corrected chi connectivity index (χ2v) is 6.99. The number of aromatic nitrogens is 1. The number of benzene rings is 1. The van der Waals surface area contributed by atoms with Gasteiger partial charge in [-0.25, -0.2) is 4.98 Å². The lowest BCUT2D eigenvalue weighted by atomic mass is 10.1. The summed E-state index contributed by atoms with van der Waals surface area (Å²) < 4.78 is 0. The highest BCUT2D eigenvalue weighted by atomic mass is 32.2. The summed E-state index contributed by atoms with van der Waals surface area (Å²) in [6.07, 6.45) is 7.24. The summed E-state index contributed by atoms with van der Waals surface area (Å²) >= 11 is 1.73. The molecule has 1 aliphatic heterocycles. The van der Waals surface area contributed by atoms with Crippen LogP contribution in [0.2, 0.25) is 0 Å². The fourth-order valence-corrected chi connectivity index (χ4v) is 3.87. The molecule has 1 unspecified atom stereocenters. The van der Waals surface area contributed by atoms with E-state index in [1.165, 1.54) is 49.2 Å². The van der Waals surface area contributed by atoms with E-state index >= 15 is 0 Å². The van der Waals surface area contributed by atoms with Crippen LogP contribution in [0, 0.1) is 0 Å². The van der Waals surface area contributed by atoms with Gasteiger partial charge in [0.05, 0.1) is 0 Å². The first-order valence-electron chi connectivity index (χ1n) is 8.29. The number of likely N-dealkylation sites (tertiary alicyclic amines) is 1. The molecule has 1 saturated heterocycles. The Morgan fingerprint density at radius 2 is 2.05 bits per heavy atom. The minimum atomic E-state index is 0.579. The van der Waals surface area contributed by atoms with Crippen molar-refractivity contribution in [3.63, 3.8) is 0 Å². The Morgan fingerprint density at radius 1 is 1.18 bits per heavy atom. The SMILES string of the molecule is CCCCN1CCCC1c1ccc(Sc2ccccc2)nc1. The molecule has 2 aromatic rings. The molecule has 22 heavy (non-hydrogen) atoms. The lowest BCUT2D eigenvalue weighted by Crippen LogP contribution is -2.24. The van der Waals surface area contributed by atoms with Gasteiger partial charge in [-0.2, -0.15) is 0 Å². The molecule has 0 saturated carbocycles. The Bertz CT molecular complexity index is 568. The van der Waals surface area contributed by atoms with Crippen LogP contribution in [0.1, 0.15) is 44.2 Å². The van der Waals surface area contributed by atoms with Crippen LogP contribution >= 0.6 is 11.8 Å². The van der Waals surface area contributed by atoms with Crippen molar-refractivity contribution >= 4 is 11.8 Å². The third-order valence-electron chi connectivity index (χ3n) is 4.27. The molecule has 1 aromatic heterocycles. The average Bonchev–Trinajstić information content (AvgIpc) is 3.03. The van der Waals surface area contributed by atoms with Gasteiger partial charge in [-0.05, 0) is 56.1 Å². The fraction of sp³-hybridized carbons (Fsp3) is 0.421. The minimum absolute atomic E-state index is 0.579. The zero-order chi connectivity index (χ0) is 15.2. The zero-order valence-corrected chi connectivity index (χ0v) is 14.1. The van der Waals surface area contributed by atoms with Gasteiger partial charge in [0.25, 0.3) is 0 Å². The molecule has 116 valence electrons. The van der Waals surface area contributed by atoms with E-state index in [1.807, 2.05) is 6.07 Å². The quantitative estimate of drug-likeness (QED) is 0.732. The summed E-state index contributed by atoms with van der Waals surface area (Å²) in [5.74, 6) is 0. The van der Waals surface area contributed by atoms with Gasteiger partial charge in [-0.15, -0.1) is 0 Å². The van der Waals surface area contributed by atoms with Gasteiger partial charge in [-0.3, -0.25) is 4.90 Å². The Labute approximate surface area is 138 Å². The van der Waals surface area contributed by atoms with Gasteiger partial charge in [-0.1, -0.05) is 49.4 Å². The first-order valence-corrected chi connectivity index (χ1v) is 9.11. The van der Waals surface area contributed by atoms with Crippen LogP contribution in [0.5, 0.6) is 0 Å². The maximum absolute atomic E-state index is 4.67. The molecule has 2 heterocycles. The summed E-state index contributed by atoms with van der Waals surface area (Å²) in [5.41, 5.74) is 1.38. The van der Waals surface area contributed by atoms with E-state index in [-0.39, 0.29) is 0 Å². The van der Waals surface area contributed by atoms with Crippen LogP contribution in [0.25, 0.3) is 0 Å². The summed E-state index contributed by atoms with van der Waals surface area (Å²) in [7, 11) is 0. The van der Waals surface area contributed by atoms with Crippen molar-refractivity contribution in [1.82, 2.24) is 9.88 Å². The minimum Gasteiger partial charge on any atom is -0.296 e. The van der Waals surface area contributed by atoms with Gasteiger partial charge in [0.15, 0.2) is 0 Å². The predicted molar refractivity (Wildman–Crippen MR) is 93.3 cm³/mol. The Kier molecular flexibility index (Phi) is 5.52. The van der Waals surface area contributed by atoms with E-state index in [4.69, 9.17) is 0 Å². The summed E-state index contributed by atoms with van der Waals surface area (Å²) in [6, 6.07) is 15.5. The second kappa shape index (κ2) is 7.80. The normalized spacial score (nSPS) is 18.7. The highest BCUT2D eigenvalue weighted by molar-refractivity contribution is 7.99. The summed E-state index contributed by atoms with van der Waals surface area (Å²) in [6.45, 7) is 4.73. The van der Waals surface area contributed by atoms with Crippen molar-refractivity contribution in [2.24, 2.45) is 0 Å². The molecular formula is C19H24N2S. The highest BCUT2D eigenvalue weighted by Crippen LogP contribution is 2.33. The second-order valence-electron chi connectivity index (χ2n) is 5.89. The molecule has 1 fully saturated rings. The van der Waals surface area contributed by atoms with Gasteiger partial charge in [0, 0.05) is 17.1 Å². The smallest absolute Gasteiger partial charge is 0.101 e. The maximum Gasteiger partial charge on any atom is 0.101 e. The highest BCUT2D eigenvalue weighted by Gasteiger charge is 2.25. The van der Waals surface area contributed by atoms with Crippen LogP contribution in [-0.2, 0) is 0 Å². The largest absolute Gasteiger partial charge is 0.296 e. The molecule has 0 N–H and O–H groups in total. The van der Waals surface area contributed by atoms with E-state index < -0.39 is 0 Å². The van der Waals surface area contributed by atoms with E-state index in [1.54, 1.807) is 11.8 Å². The Morgan fingerprint density at radius 3 is 2.77 bits per heavy atom. The molecule has 3 heteroatoms. The topological polar surface area (TPSA) is 16.1 Å². The number of hydrogen-bond acceptors (Lipinski definition) is 3. The lowest BCUT2D eigenvalue weighted by Gasteiger charge is -2.24. The number of hydrogen-bond donors (Lipinski definition) is 0. The number of pyridine rings is 1. The Balaban J connectivity index is 1.66. The van der Waals surface area contributed by atoms with Crippen molar-refractivity contribution in [3.05, 3.63) is 54.2 Å². The van der Waals surface area contributed by atoms with Gasteiger partial charge in [0.1, 0.15) is 5.03 Å². The van der Waals surface area contributed by atoms with E-state index in [2.05, 4.69) is 59.4 Å². The van der Waals surface area contributed by atoms with Gasteiger partial charge >= 0.3 is 0 Å². The van der Waals surface area contributed by atoms with Crippen LogP contribution in [0.3, 0.4) is 0 Å². The molecular weight excluding hydrogens is 288 g/mol. The third-order valence-corrected chi connectivity index (χ3v) is 5.23. The van der Waals surface area contributed by atoms with E-state index in [9.17, 15) is 0 Å². The fourth-order valence-electron chi connectivity index (χ4n) is 3.09. The van der Waals surface area contributed by atoms with Crippen molar-refractivity contribution in [2.75, 3.05) is 13.1 Å². The number of unbranched alkanes of at least 4 members (excludes halogenated alkanes) is 1. The molecule has 0 aliphatic carbocycles. The molecule has 1 aliphatic rings.